The smallest absolute Gasteiger partial charge is 0.242 e. The van der Waals surface area contributed by atoms with Gasteiger partial charge in [-0.25, -0.2) is 0 Å². The van der Waals surface area contributed by atoms with E-state index in [0.717, 1.165) is 23.7 Å². The lowest BCUT2D eigenvalue weighted by molar-refractivity contribution is -0.117. The molecule has 2 rings (SSSR count). The van der Waals surface area contributed by atoms with Crippen molar-refractivity contribution in [2.75, 3.05) is 23.4 Å². The zero-order valence-corrected chi connectivity index (χ0v) is 9.22. The molecular formula is C11H14N2OS. The van der Waals surface area contributed by atoms with Crippen molar-refractivity contribution in [3.63, 3.8) is 0 Å². The van der Waals surface area contributed by atoms with E-state index in [4.69, 9.17) is 0 Å². The molecule has 1 heterocycles. The van der Waals surface area contributed by atoms with Gasteiger partial charge in [0.15, 0.2) is 0 Å². The molecule has 15 heavy (non-hydrogen) atoms. The number of amides is 1. The van der Waals surface area contributed by atoms with Crippen LogP contribution in [0.5, 0.6) is 0 Å². The molecule has 1 amide bonds. The molecule has 4 heteroatoms. The zero-order valence-electron chi connectivity index (χ0n) is 8.40. The van der Waals surface area contributed by atoms with Crippen molar-refractivity contribution in [3.8, 4) is 0 Å². The summed E-state index contributed by atoms with van der Waals surface area (Å²) in [4.78, 5) is 11.8. The lowest BCUT2D eigenvalue weighted by Gasteiger charge is -2.22. The molecule has 3 nitrogen and oxygen atoms in total. The molecule has 0 radical (unpaired) electrons. The predicted molar refractivity (Wildman–Crippen MR) is 64.2 cm³/mol. The third-order valence-corrected chi connectivity index (χ3v) is 3.34. The molecule has 1 saturated heterocycles. The summed E-state index contributed by atoms with van der Waals surface area (Å²) in [7, 11) is 0. The third kappa shape index (κ3) is 2.97. The van der Waals surface area contributed by atoms with Crippen LogP contribution in [-0.2, 0) is 4.79 Å². The lowest BCUT2D eigenvalue weighted by atomic mass is 10.2. The Hall–Kier alpha value is -1.00. The van der Waals surface area contributed by atoms with E-state index in [1.165, 1.54) is 0 Å². The van der Waals surface area contributed by atoms with Crippen LogP contribution in [0.2, 0.25) is 0 Å². The number of benzene rings is 1. The maximum Gasteiger partial charge on any atom is 0.242 e. The standard InChI is InChI=1S/C11H14N2OS/c14-11(10-8-15-7-6-12-10)13-9-4-2-1-3-5-9/h1-5,10,12H,6-8H2,(H,13,14). The van der Waals surface area contributed by atoms with Gasteiger partial charge >= 0.3 is 0 Å². The van der Waals surface area contributed by atoms with Crippen molar-refractivity contribution in [2.24, 2.45) is 0 Å². The topological polar surface area (TPSA) is 41.1 Å². The van der Waals surface area contributed by atoms with Gasteiger partial charge in [0.25, 0.3) is 0 Å². The Morgan fingerprint density at radius 1 is 1.40 bits per heavy atom. The molecule has 80 valence electrons. The number of anilines is 1. The van der Waals surface area contributed by atoms with Crippen LogP contribution in [0.4, 0.5) is 5.69 Å². The minimum Gasteiger partial charge on any atom is -0.325 e. The third-order valence-electron chi connectivity index (χ3n) is 2.28. The largest absolute Gasteiger partial charge is 0.325 e. The number of para-hydroxylation sites is 1. The number of carbonyl (C=O) groups is 1. The van der Waals surface area contributed by atoms with E-state index < -0.39 is 0 Å². The van der Waals surface area contributed by atoms with Crippen LogP contribution in [-0.4, -0.2) is 30.0 Å². The first-order chi connectivity index (χ1) is 7.36. The molecule has 2 N–H and O–H groups in total. The summed E-state index contributed by atoms with van der Waals surface area (Å²) in [6.45, 7) is 0.914. The molecule has 0 bridgehead atoms. The zero-order chi connectivity index (χ0) is 10.5. The average molecular weight is 222 g/mol. The number of thioether (sulfide) groups is 1. The number of carbonyl (C=O) groups excluding carboxylic acids is 1. The highest BCUT2D eigenvalue weighted by Crippen LogP contribution is 2.10. The van der Waals surface area contributed by atoms with Gasteiger partial charge in [0.2, 0.25) is 5.91 Å². The highest BCUT2D eigenvalue weighted by molar-refractivity contribution is 7.99. The second kappa shape index (κ2) is 5.19. The van der Waals surface area contributed by atoms with Crippen LogP contribution in [0, 0.1) is 0 Å². The van der Waals surface area contributed by atoms with Crippen LogP contribution < -0.4 is 10.6 Å². The summed E-state index contributed by atoms with van der Waals surface area (Å²) in [5.74, 6) is 2.02. The number of hydrogen-bond donors (Lipinski definition) is 2. The van der Waals surface area contributed by atoms with Crippen LogP contribution in [0.15, 0.2) is 30.3 Å². The number of rotatable bonds is 2. The lowest BCUT2D eigenvalue weighted by Crippen LogP contribution is -2.46. The van der Waals surface area contributed by atoms with Crippen molar-refractivity contribution in [3.05, 3.63) is 30.3 Å². The second-order valence-corrected chi connectivity index (χ2v) is 4.59. The number of nitrogens with one attached hydrogen (secondary N) is 2. The molecule has 1 aromatic carbocycles. The molecule has 1 fully saturated rings. The van der Waals surface area contributed by atoms with Crippen LogP contribution in [0.1, 0.15) is 0 Å². The summed E-state index contributed by atoms with van der Waals surface area (Å²) in [6.07, 6.45) is 0. The molecule has 0 aliphatic carbocycles. The van der Waals surface area contributed by atoms with E-state index in [9.17, 15) is 4.79 Å². The molecule has 1 aliphatic rings. The van der Waals surface area contributed by atoms with E-state index in [1.54, 1.807) is 0 Å². The van der Waals surface area contributed by atoms with E-state index in [1.807, 2.05) is 42.1 Å². The summed E-state index contributed by atoms with van der Waals surface area (Å²) in [5, 5.41) is 6.10. The fourth-order valence-corrected chi connectivity index (χ4v) is 2.42. The fraction of sp³-hybridized carbons (Fsp3) is 0.364. The van der Waals surface area contributed by atoms with Gasteiger partial charge in [-0.05, 0) is 12.1 Å². The summed E-state index contributed by atoms with van der Waals surface area (Å²) in [5.41, 5.74) is 0.861. The van der Waals surface area contributed by atoms with Crippen molar-refractivity contribution >= 4 is 23.4 Å². The van der Waals surface area contributed by atoms with Gasteiger partial charge in [-0.3, -0.25) is 4.79 Å². The van der Waals surface area contributed by atoms with Gasteiger partial charge in [-0.15, -0.1) is 0 Å². The SMILES string of the molecule is O=C(Nc1ccccc1)C1CSCCN1. The first kappa shape index (κ1) is 10.5. The van der Waals surface area contributed by atoms with Gasteiger partial charge in [-0.1, -0.05) is 18.2 Å². The minimum atomic E-state index is -0.0519. The van der Waals surface area contributed by atoms with Crippen molar-refractivity contribution in [2.45, 2.75) is 6.04 Å². The Labute approximate surface area is 93.6 Å². The molecule has 0 aromatic heterocycles. The van der Waals surface area contributed by atoms with Crippen molar-refractivity contribution < 1.29 is 4.79 Å². The molecular weight excluding hydrogens is 208 g/mol. The molecule has 1 unspecified atom stereocenters. The molecule has 1 aromatic rings. The fourth-order valence-electron chi connectivity index (χ4n) is 1.48. The van der Waals surface area contributed by atoms with Crippen LogP contribution in [0.3, 0.4) is 0 Å². The van der Waals surface area contributed by atoms with Gasteiger partial charge in [0.05, 0.1) is 6.04 Å². The highest BCUT2D eigenvalue weighted by Gasteiger charge is 2.20. The Morgan fingerprint density at radius 3 is 2.87 bits per heavy atom. The number of hydrogen-bond acceptors (Lipinski definition) is 3. The van der Waals surface area contributed by atoms with Gasteiger partial charge in [0.1, 0.15) is 0 Å². The first-order valence-corrected chi connectivity index (χ1v) is 6.19. The van der Waals surface area contributed by atoms with Gasteiger partial charge in [0, 0.05) is 23.7 Å². The molecule has 0 saturated carbocycles. The van der Waals surface area contributed by atoms with Crippen LogP contribution >= 0.6 is 11.8 Å². The van der Waals surface area contributed by atoms with E-state index in [2.05, 4.69) is 10.6 Å². The monoisotopic (exact) mass is 222 g/mol. The first-order valence-electron chi connectivity index (χ1n) is 5.03. The normalized spacial score (nSPS) is 20.9. The second-order valence-electron chi connectivity index (χ2n) is 3.44. The van der Waals surface area contributed by atoms with E-state index >= 15 is 0 Å². The quantitative estimate of drug-likeness (QED) is 0.793. The van der Waals surface area contributed by atoms with Crippen molar-refractivity contribution in [1.82, 2.24) is 5.32 Å². The Bertz CT molecular complexity index is 323. The van der Waals surface area contributed by atoms with E-state index in [0.29, 0.717) is 0 Å². The Kier molecular flexibility index (Phi) is 3.64. The van der Waals surface area contributed by atoms with Crippen molar-refractivity contribution in [1.29, 1.82) is 0 Å². The van der Waals surface area contributed by atoms with Gasteiger partial charge in [-0.2, -0.15) is 11.8 Å². The summed E-state index contributed by atoms with van der Waals surface area (Å²) >= 11 is 1.82. The Balaban J connectivity index is 1.91. The Morgan fingerprint density at radius 2 is 2.20 bits per heavy atom. The maximum atomic E-state index is 11.8. The highest BCUT2D eigenvalue weighted by atomic mass is 32.2. The molecule has 1 aliphatic heterocycles. The molecule has 0 spiro atoms. The predicted octanol–water partition coefficient (Wildman–Crippen LogP) is 1.33. The maximum absolute atomic E-state index is 11.8. The average Bonchev–Trinajstić information content (AvgIpc) is 2.31. The van der Waals surface area contributed by atoms with E-state index in [-0.39, 0.29) is 11.9 Å². The van der Waals surface area contributed by atoms with Gasteiger partial charge < -0.3 is 10.6 Å². The molecule has 1 atom stereocenters. The summed E-state index contributed by atoms with van der Waals surface area (Å²) in [6, 6.07) is 9.51. The summed E-state index contributed by atoms with van der Waals surface area (Å²) < 4.78 is 0. The minimum absolute atomic E-state index is 0.0519. The van der Waals surface area contributed by atoms with Crippen LogP contribution in [0.25, 0.3) is 0 Å².